The molecule has 0 radical (unpaired) electrons. The van der Waals surface area contributed by atoms with Crippen LogP contribution in [0.4, 0.5) is 13.2 Å². The third kappa shape index (κ3) is 4.23. The first-order valence-electron chi connectivity index (χ1n) is 7.73. The van der Waals surface area contributed by atoms with E-state index in [1.54, 1.807) is 6.07 Å². The predicted octanol–water partition coefficient (Wildman–Crippen LogP) is 2.36. The van der Waals surface area contributed by atoms with Crippen molar-refractivity contribution in [2.75, 3.05) is 26.2 Å². The number of alkyl halides is 3. The van der Waals surface area contributed by atoms with Crippen LogP contribution in [-0.2, 0) is 15.7 Å². The van der Waals surface area contributed by atoms with Crippen LogP contribution >= 0.6 is 0 Å². The monoisotopic (exact) mass is 328 g/mol. The van der Waals surface area contributed by atoms with Crippen molar-refractivity contribution in [2.24, 2.45) is 0 Å². The third-order valence-corrected chi connectivity index (χ3v) is 4.07. The summed E-state index contributed by atoms with van der Waals surface area (Å²) in [5.74, 6) is -0.0720. The summed E-state index contributed by atoms with van der Waals surface area (Å²) in [7, 11) is 0. The van der Waals surface area contributed by atoms with Crippen molar-refractivity contribution in [3.05, 3.63) is 35.4 Å². The molecule has 1 saturated heterocycles. The van der Waals surface area contributed by atoms with E-state index >= 15 is 0 Å². The van der Waals surface area contributed by atoms with Gasteiger partial charge in [0.05, 0.1) is 24.8 Å². The van der Waals surface area contributed by atoms with Gasteiger partial charge in [-0.05, 0) is 24.5 Å². The molecule has 0 spiro atoms. The lowest BCUT2D eigenvalue weighted by Crippen LogP contribution is -2.44. The molecule has 1 aromatic carbocycles. The fourth-order valence-electron chi connectivity index (χ4n) is 2.77. The van der Waals surface area contributed by atoms with Crippen molar-refractivity contribution >= 4 is 5.91 Å². The number of rotatable bonds is 4. The minimum atomic E-state index is -4.41. The highest BCUT2D eigenvalue weighted by atomic mass is 19.4. The van der Waals surface area contributed by atoms with Gasteiger partial charge in [-0.1, -0.05) is 18.2 Å². The van der Waals surface area contributed by atoms with Crippen molar-refractivity contribution in [2.45, 2.75) is 31.2 Å². The van der Waals surface area contributed by atoms with Crippen LogP contribution in [-0.4, -0.2) is 43.1 Å². The Kier molecular flexibility index (Phi) is 4.59. The molecule has 23 heavy (non-hydrogen) atoms. The van der Waals surface area contributed by atoms with Gasteiger partial charge in [-0.15, -0.1) is 0 Å². The first-order chi connectivity index (χ1) is 10.9. The van der Waals surface area contributed by atoms with E-state index in [2.05, 4.69) is 5.32 Å². The fraction of sp³-hybridized carbons (Fsp3) is 0.562. The average molecular weight is 328 g/mol. The second-order valence-corrected chi connectivity index (χ2v) is 6.02. The predicted molar refractivity (Wildman–Crippen MR) is 77.7 cm³/mol. The molecule has 126 valence electrons. The number of morpholine rings is 1. The molecule has 3 rings (SSSR count). The van der Waals surface area contributed by atoms with E-state index in [1.165, 1.54) is 12.1 Å². The van der Waals surface area contributed by atoms with Crippen molar-refractivity contribution in [3.63, 3.8) is 0 Å². The van der Waals surface area contributed by atoms with Crippen molar-refractivity contribution in [1.29, 1.82) is 0 Å². The van der Waals surface area contributed by atoms with Gasteiger partial charge < -0.3 is 10.1 Å². The first-order valence-corrected chi connectivity index (χ1v) is 7.73. The van der Waals surface area contributed by atoms with E-state index in [-0.39, 0.29) is 30.6 Å². The number of hydrogen-bond donors (Lipinski definition) is 1. The topological polar surface area (TPSA) is 41.6 Å². The maximum absolute atomic E-state index is 13.1. The van der Waals surface area contributed by atoms with Gasteiger partial charge in [0.25, 0.3) is 0 Å². The lowest BCUT2D eigenvalue weighted by molar-refractivity contribution is -0.141. The van der Waals surface area contributed by atoms with Crippen LogP contribution in [0.15, 0.2) is 24.3 Å². The number of nitrogens with one attached hydrogen (secondary N) is 1. The van der Waals surface area contributed by atoms with Gasteiger partial charge >= 0.3 is 6.18 Å². The summed E-state index contributed by atoms with van der Waals surface area (Å²) in [6.07, 6.45) is -3.06. The maximum atomic E-state index is 13.1. The van der Waals surface area contributed by atoms with Crippen LogP contribution in [0.1, 0.15) is 30.1 Å². The Balaban J connectivity index is 1.67. The number of hydrogen-bond acceptors (Lipinski definition) is 3. The first kappa shape index (κ1) is 16.3. The molecule has 1 saturated carbocycles. The van der Waals surface area contributed by atoms with Crippen LogP contribution < -0.4 is 5.32 Å². The highest BCUT2D eigenvalue weighted by Gasteiger charge is 2.36. The number of ether oxygens (including phenoxy) is 1. The number of carbonyl (C=O) groups is 1. The molecule has 1 N–H and O–H groups in total. The zero-order chi connectivity index (χ0) is 16.4. The Bertz CT molecular complexity index is 573. The van der Waals surface area contributed by atoms with E-state index in [0.717, 1.165) is 18.9 Å². The normalized spacial score (nSPS) is 22.8. The van der Waals surface area contributed by atoms with E-state index < -0.39 is 17.8 Å². The molecule has 1 atom stereocenters. The standard InChI is InChI=1S/C16H19F3N2O2/c17-16(18,19)13-4-2-1-3-12(13)14-9-21(7-8-23-14)10-15(22)20-11-5-6-11/h1-4,11,14H,5-10H2,(H,20,22). The summed E-state index contributed by atoms with van der Waals surface area (Å²) >= 11 is 0. The molecule has 4 nitrogen and oxygen atoms in total. The maximum Gasteiger partial charge on any atom is 0.416 e. The molecule has 2 aliphatic rings. The second-order valence-electron chi connectivity index (χ2n) is 6.02. The van der Waals surface area contributed by atoms with Gasteiger partial charge in [-0.2, -0.15) is 13.2 Å². The van der Waals surface area contributed by atoms with E-state index in [9.17, 15) is 18.0 Å². The van der Waals surface area contributed by atoms with Crippen molar-refractivity contribution < 1.29 is 22.7 Å². The minimum Gasteiger partial charge on any atom is -0.371 e. The lowest BCUT2D eigenvalue weighted by atomic mass is 10.0. The van der Waals surface area contributed by atoms with Gasteiger partial charge in [0.15, 0.2) is 0 Å². The smallest absolute Gasteiger partial charge is 0.371 e. The highest BCUT2D eigenvalue weighted by molar-refractivity contribution is 5.78. The van der Waals surface area contributed by atoms with Crippen LogP contribution in [0.3, 0.4) is 0 Å². The number of carbonyl (C=O) groups excluding carboxylic acids is 1. The average Bonchev–Trinajstić information content (AvgIpc) is 3.30. The number of benzene rings is 1. The van der Waals surface area contributed by atoms with E-state index in [0.29, 0.717) is 13.2 Å². The Labute approximate surface area is 132 Å². The molecule has 0 aromatic heterocycles. The quantitative estimate of drug-likeness (QED) is 0.922. The Morgan fingerprint density at radius 3 is 2.74 bits per heavy atom. The Morgan fingerprint density at radius 1 is 1.30 bits per heavy atom. The molecule has 7 heteroatoms. The minimum absolute atomic E-state index is 0.0720. The molecular formula is C16H19F3N2O2. The molecule has 1 amide bonds. The molecule has 1 aliphatic carbocycles. The second kappa shape index (κ2) is 6.49. The summed E-state index contributed by atoms with van der Waals surface area (Å²) in [4.78, 5) is 13.7. The molecule has 0 bridgehead atoms. The number of nitrogens with zero attached hydrogens (tertiary/aromatic N) is 1. The van der Waals surface area contributed by atoms with E-state index in [4.69, 9.17) is 4.74 Å². The van der Waals surface area contributed by atoms with Crippen molar-refractivity contribution in [3.8, 4) is 0 Å². The zero-order valence-corrected chi connectivity index (χ0v) is 12.6. The van der Waals surface area contributed by atoms with Crippen LogP contribution in [0.2, 0.25) is 0 Å². The zero-order valence-electron chi connectivity index (χ0n) is 12.6. The molecule has 1 unspecified atom stereocenters. The molecule has 2 fully saturated rings. The van der Waals surface area contributed by atoms with Gasteiger partial charge in [0.1, 0.15) is 0 Å². The van der Waals surface area contributed by atoms with Crippen LogP contribution in [0, 0.1) is 0 Å². The summed E-state index contributed by atoms with van der Waals surface area (Å²) in [5, 5.41) is 2.89. The Morgan fingerprint density at radius 2 is 2.04 bits per heavy atom. The third-order valence-electron chi connectivity index (χ3n) is 4.07. The van der Waals surface area contributed by atoms with Crippen LogP contribution in [0.25, 0.3) is 0 Å². The van der Waals surface area contributed by atoms with Gasteiger partial charge in [0.2, 0.25) is 5.91 Å². The van der Waals surface area contributed by atoms with Gasteiger partial charge in [-0.25, -0.2) is 0 Å². The summed E-state index contributed by atoms with van der Waals surface area (Å²) in [5.41, 5.74) is -0.540. The van der Waals surface area contributed by atoms with Crippen LogP contribution in [0.5, 0.6) is 0 Å². The Hall–Kier alpha value is -1.60. The summed E-state index contributed by atoms with van der Waals surface area (Å²) in [6, 6.07) is 5.74. The highest BCUT2D eigenvalue weighted by Crippen LogP contribution is 2.36. The number of halogens is 3. The molecule has 1 aliphatic heterocycles. The van der Waals surface area contributed by atoms with Crippen molar-refractivity contribution in [1.82, 2.24) is 10.2 Å². The largest absolute Gasteiger partial charge is 0.416 e. The van der Waals surface area contributed by atoms with Gasteiger partial charge in [0, 0.05) is 19.1 Å². The van der Waals surface area contributed by atoms with Gasteiger partial charge in [-0.3, -0.25) is 9.69 Å². The fourth-order valence-corrected chi connectivity index (χ4v) is 2.77. The van der Waals surface area contributed by atoms with E-state index in [1.807, 2.05) is 4.90 Å². The number of amides is 1. The molecule has 1 aromatic rings. The lowest BCUT2D eigenvalue weighted by Gasteiger charge is -2.33. The molecule has 1 heterocycles. The summed E-state index contributed by atoms with van der Waals surface area (Å²) in [6.45, 7) is 1.34. The SMILES string of the molecule is O=C(CN1CCOC(c2ccccc2C(F)(F)F)C1)NC1CC1. The summed E-state index contributed by atoms with van der Waals surface area (Å²) < 4.78 is 44.9. The molecular weight excluding hydrogens is 309 g/mol.